The van der Waals surface area contributed by atoms with E-state index in [1.54, 1.807) is 6.20 Å². The van der Waals surface area contributed by atoms with E-state index in [1.807, 2.05) is 0 Å². The molecule has 0 radical (unpaired) electrons. The van der Waals surface area contributed by atoms with Crippen LogP contribution in [0.15, 0.2) is 10.7 Å². The second-order valence-corrected chi connectivity index (χ2v) is 4.29. The van der Waals surface area contributed by atoms with Gasteiger partial charge in [0.15, 0.2) is 0 Å². The fraction of sp³-hybridized carbons (Fsp3) is 0.400. The van der Waals surface area contributed by atoms with Gasteiger partial charge in [-0.3, -0.25) is 4.79 Å². The highest BCUT2D eigenvalue weighted by atomic mass is 79.9. The Morgan fingerprint density at radius 2 is 2.47 bits per heavy atom. The van der Waals surface area contributed by atoms with Gasteiger partial charge in [0.25, 0.3) is 0 Å². The Morgan fingerprint density at radius 1 is 1.73 bits per heavy atom. The zero-order valence-corrected chi connectivity index (χ0v) is 9.74. The fourth-order valence-corrected chi connectivity index (χ4v) is 2.49. The highest BCUT2D eigenvalue weighted by molar-refractivity contribution is 9.10. The van der Waals surface area contributed by atoms with Crippen LogP contribution in [-0.4, -0.2) is 23.2 Å². The Hall–Kier alpha value is -1.10. The van der Waals surface area contributed by atoms with Crippen molar-refractivity contribution in [2.45, 2.75) is 18.8 Å². The van der Waals surface area contributed by atoms with Crippen molar-refractivity contribution >= 4 is 21.9 Å². The first-order valence-corrected chi connectivity index (χ1v) is 5.38. The van der Waals surface area contributed by atoms with E-state index in [9.17, 15) is 4.79 Å². The molecule has 0 saturated heterocycles. The first kappa shape index (κ1) is 10.4. The van der Waals surface area contributed by atoms with Crippen molar-refractivity contribution in [3.8, 4) is 5.88 Å². The number of carboxylic acids is 1. The minimum absolute atomic E-state index is 0.429. The summed E-state index contributed by atoms with van der Waals surface area (Å²) in [6.07, 6.45) is 3.03. The summed E-state index contributed by atoms with van der Waals surface area (Å²) in [7, 11) is 1.51. The molecular formula is C10H10BrNO3. The van der Waals surface area contributed by atoms with E-state index < -0.39 is 11.9 Å². The standard InChI is InChI=1S/C10H10BrNO3/c1-15-9-8-5(7(11)4-12-9)2-3-6(8)10(13)14/h4,6H,2-3H2,1H3,(H,13,14). The molecule has 1 atom stereocenters. The Labute approximate surface area is 95.4 Å². The summed E-state index contributed by atoms with van der Waals surface area (Å²) in [5.41, 5.74) is 1.73. The average molecular weight is 272 g/mol. The molecule has 0 bridgehead atoms. The zero-order chi connectivity index (χ0) is 11.0. The van der Waals surface area contributed by atoms with Crippen molar-refractivity contribution < 1.29 is 14.6 Å². The van der Waals surface area contributed by atoms with E-state index in [-0.39, 0.29) is 0 Å². The van der Waals surface area contributed by atoms with Crippen LogP contribution < -0.4 is 4.74 Å². The molecule has 0 spiro atoms. The summed E-state index contributed by atoms with van der Waals surface area (Å²) in [5, 5.41) is 9.07. The number of carboxylic acid groups (broad SMARTS) is 1. The van der Waals surface area contributed by atoms with Crippen molar-refractivity contribution in [2.75, 3.05) is 7.11 Å². The molecule has 1 aliphatic carbocycles. The van der Waals surface area contributed by atoms with Crippen molar-refractivity contribution in [1.29, 1.82) is 0 Å². The van der Waals surface area contributed by atoms with Gasteiger partial charge in [0.2, 0.25) is 5.88 Å². The number of carbonyl (C=O) groups is 1. The van der Waals surface area contributed by atoms with Crippen LogP contribution in [-0.2, 0) is 11.2 Å². The molecule has 0 fully saturated rings. The van der Waals surface area contributed by atoms with Crippen LogP contribution in [0.4, 0.5) is 0 Å². The first-order chi connectivity index (χ1) is 7.15. The molecule has 1 aromatic heterocycles. The number of hydrogen-bond acceptors (Lipinski definition) is 3. The molecular weight excluding hydrogens is 262 g/mol. The third-order valence-corrected chi connectivity index (χ3v) is 3.35. The van der Waals surface area contributed by atoms with Gasteiger partial charge in [0.1, 0.15) is 0 Å². The lowest BCUT2D eigenvalue weighted by Crippen LogP contribution is -2.09. The van der Waals surface area contributed by atoms with Crippen LogP contribution in [0.5, 0.6) is 5.88 Å². The third kappa shape index (κ3) is 1.61. The SMILES string of the molecule is COc1ncc(Br)c2c1C(C(=O)O)CC2. The monoisotopic (exact) mass is 271 g/mol. The third-order valence-electron chi connectivity index (χ3n) is 2.66. The molecule has 2 rings (SSSR count). The number of rotatable bonds is 2. The maximum Gasteiger partial charge on any atom is 0.311 e. The lowest BCUT2D eigenvalue weighted by Gasteiger charge is -2.10. The van der Waals surface area contributed by atoms with Gasteiger partial charge in [0.05, 0.1) is 13.0 Å². The normalized spacial score (nSPS) is 18.7. The van der Waals surface area contributed by atoms with Gasteiger partial charge in [0, 0.05) is 16.2 Å². The summed E-state index contributed by atoms with van der Waals surface area (Å²) in [6, 6.07) is 0. The molecule has 1 aromatic rings. The van der Waals surface area contributed by atoms with Crippen molar-refractivity contribution in [3.63, 3.8) is 0 Å². The van der Waals surface area contributed by atoms with Gasteiger partial charge in [-0.15, -0.1) is 0 Å². The van der Waals surface area contributed by atoms with E-state index in [0.29, 0.717) is 12.3 Å². The van der Waals surface area contributed by atoms with Crippen LogP contribution in [0.3, 0.4) is 0 Å². The molecule has 1 aliphatic rings. The molecule has 4 nitrogen and oxygen atoms in total. The Kier molecular flexibility index (Phi) is 2.65. The minimum Gasteiger partial charge on any atom is -0.481 e. The highest BCUT2D eigenvalue weighted by Gasteiger charge is 2.33. The molecule has 15 heavy (non-hydrogen) atoms. The molecule has 5 heteroatoms. The topological polar surface area (TPSA) is 59.4 Å². The lowest BCUT2D eigenvalue weighted by molar-refractivity contribution is -0.138. The van der Waals surface area contributed by atoms with Crippen LogP contribution >= 0.6 is 15.9 Å². The Bertz CT molecular complexity index is 419. The van der Waals surface area contributed by atoms with Gasteiger partial charge in [-0.05, 0) is 34.3 Å². The number of ether oxygens (including phenoxy) is 1. The average Bonchev–Trinajstić information content (AvgIpc) is 2.64. The number of hydrogen-bond donors (Lipinski definition) is 1. The van der Waals surface area contributed by atoms with E-state index in [1.165, 1.54) is 7.11 Å². The van der Waals surface area contributed by atoms with Crippen molar-refractivity contribution in [3.05, 3.63) is 21.8 Å². The molecule has 0 amide bonds. The number of methoxy groups -OCH3 is 1. The predicted octanol–water partition coefficient (Wildman–Crippen LogP) is 1.97. The smallest absolute Gasteiger partial charge is 0.311 e. The lowest BCUT2D eigenvalue weighted by atomic mass is 10.0. The van der Waals surface area contributed by atoms with Gasteiger partial charge in [-0.2, -0.15) is 0 Å². The number of aromatic nitrogens is 1. The fourth-order valence-electron chi connectivity index (χ4n) is 1.98. The molecule has 0 aliphatic heterocycles. The number of halogens is 1. The number of aliphatic carboxylic acids is 1. The predicted molar refractivity (Wildman–Crippen MR) is 57.2 cm³/mol. The van der Waals surface area contributed by atoms with E-state index in [0.717, 1.165) is 22.0 Å². The molecule has 1 heterocycles. The number of nitrogens with zero attached hydrogens (tertiary/aromatic N) is 1. The summed E-state index contributed by atoms with van der Waals surface area (Å²) in [5.74, 6) is -0.870. The van der Waals surface area contributed by atoms with Crippen LogP contribution in [0.1, 0.15) is 23.5 Å². The molecule has 1 N–H and O–H groups in total. The Morgan fingerprint density at radius 3 is 3.07 bits per heavy atom. The number of fused-ring (bicyclic) bond motifs is 1. The second-order valence-electron chi connectivity index (χ2n) is 3.44. The second kappa shape index (κ2) is 3.81. The molecule has 1 unspecified atom stereocenters. The van der Waals surface area contributed by atoms with Gasteiger partial charge < -0.3 is 9.84 Å². The number of pyridine rings is 1. The Balaban J connectivity index is 2.58. The quantitative estimate of drug-likeness (QED) is 0.894. The molecule has 0 aromatic carbocycles. The van der Waals surface area contributed by atoms with Crippen LogP contribution in [0.2, 0.25) is 0 Å². The highest BCUT2D eigenvalue weighted by Crippen LogP contribution is 2.41. The largest absolute Gasteiger partial charge is 0.481 e. The summed E-state index contributed by atoms with van der Waals surface area (Å²) >= 11 is 3.38. The minimum atomic E-state index is -0.813. The van der Waals surface area contributed by atoms with Crippen LogP contribution in [0, 0.1) is 0 Å². The molecule has 0 saturated carbocycles. The van der Waals surface area contributed by atoms with Crippen molar-refractivity contribution in [1.82, 2.24) is 4.98 Å². The maximum atomic E-state index is 11.0. The molecule has 80 valence electrons. The maximum absolute atomic E-state index is 11.0. The van der Waals surface area contributed by atoms with Gasteiger partial charge in [-0.25, -0.2) is 4.98 Å². The summed E-state index contributed by atoms with van der Waals surface area (Å²) in [6.45, 7) is 0. The van der Waals surface area contributed by atoms with E-state index >= 15 is 0 Å². The van der Waals surface area contributed by atoms with Gasteiger partial charge >= 0.3 is 5.97 Å². The summed E-state index contributed by atoms with van der Waals surface area (Å²) in [4.78, 5) is 15.1. The van der Waals surface area contributed by atoms with Crippen molar-refractivity contribution in [2.24, 2.45) is 0 Å². The van der Waals surface area contributed by atoms with Crippen LogP contribution in [0.25, 0.3) is 0 Å². The van der Waals surface area contributed by atoms with E-state index in [4.69, 9.17) is 9.84 Å². The zero-order valence-electron chi connectivity index (χ0n) is 8.16. The van der Waals surface area contributed by atoms with E-state index in [2.05, 4.69) is 20.9 Å². The van der Waals surface area contributed by atoms with Gasteiger partial charge in [-0.1, -0.05) is 0 Å². The first-order valence-electron chi connectivity index (χ1n) is 4.59. The summed E-state index contributed by atoms with van der Waals surface area (Å²) < 4.78 is 5.96.